The number of carbonyl (C=O) groups is 1. The van der Waals surface area contributed by atoms with Gasteiger partial charge in [-0.1, -0.05) is 0 Å². The first kappa shape index (κ1) is 18.0. The van der Waals surface area contributed by atoms with Crippen LogP contribution in [0, 0.1) is 5.92 Å². The molecular weight excluding hydrogens is 273 g/mol. The van der Waals surface area contributed by atoms with E-state index in [1.165, 1.54) is 12.8 Å². The molecule has 1 amide bonds. The summed E-state index contributed by atoms with van der Waals surface area (Å²) in [6.07, 6.45) is 2.45. The number of nitrogens with zero attached hydrogens (tertiary/aromatic N) is 1. The maximum Gasteiger partial charge on any atom is 0.234 e. The highest BCUT2D eigenvalue weighted by Crippen LogP contribution is 2.22. The average Bonchev–Trinajstić information content (AvgIpc) is 2.47. The quantitative estimate of drug-likeness (QED) is 0.815. The molecule has 2 aliphatic heterocycles. The van der Waals surface area contributed by atoms with E-state index in [4.69, 9.17) is 0 Å². The molecule has 0 spiro atoms. The number of hydrogen-bond acceptors (Lipinski definition) is 3. The van der Waals surface area contributed by atoms with Gasteiger partial charge in [-0.3, -0.25) is 9.69 Å². The predicted molar refractivity (Wildman–Crippen MR) is 78.7 cm³/mol. The lowest BCUT2D eigenvalue weighted by Gasteiger charge is -2.29. The molecule has 0 aliphatic carbocycles. The summed E-state index contributed by atoms with van der Waals surface area (Å²) in [5.41, 5.74) is 0. The first-order valence-electron chi connectivity index (χ1n) is 6.40. The third-order valence-electron chi connectivity index (χ3n) is 3.91. The molecule has 2 unspecified atom stereocenters. The van der Waals surface area contributed by atoms with Gasteiger partial charge in [0.2, 0.25) is 5.91 Å². The van der Waals surface area contributed by atoms with Crippen molar-refractivity contribution in [3.05, 3.63) is 0 Å². The normalized spacial score (nSPS) is 27.9. The molecule has 2 heterocycles. The Morgan fingerprint density at radius 1 is 1.22 bits per heavy atom. The number of carbonyl (C=O) groups excluding carboxylic acids is 1. The minimum Gasteiger partial charge on any atom is -0.355 e. The summed E-state index contributed by atoms with van der Waals surface area (Å²) in [5.74, 6) is 0.838. The molecule has 108 valence electrons. The molecule has 2 N–H and O–H groups in total. The van der Waals surface area contributed by atoms with Crippen molar-refractivity contribution in [3.63, 3.8) is 0 Å². The highest BCUT2D eigenvalue weighted by Gasteiger charge is 2.28. The third-order valence-corrected chi connectivity index (χ3v) is 3.91. The molecule has 2 fully saturated rings. The molecular formula is C12H25Cl2N3O. The van der Waals surface area contributed by atoms with E-state index in [9.17, 15) is 4.79 Å². The fourth-order valence-corrected chi connectivity index (χ4v) is 2.53. The van der Waals surface area contributed by atoms with Gasteiger partial charge in [-0.05, 0) is 26.7 Å². The Bertz CT molecular complexity index is 252. The van der Waals surface area contributed by atoms with Gasteiger partial charge in [-0.25, -0.2) is 0 Å². The number of hydrogen-bond donors (Lipinski definition) is 2. The molecule has 2 atom stereocenters. The number of rotatable bonds is 4. The van der Waals surface area contributed by atoms with E-state index in [2.05, 4.69) is 29.4 Å². The zero-order valence-electron chi connectivity index (χ0n) is 11.1. The predicted octanol–water partition coefficient (Wildman–Crippen LogP) is 1.04. The second kappa shape index (κ2) is 8.20. The molecule has 2 saturated heterocycles. The van der Waals surface area contributed by atoms with Crippen LogP contribution in [0.1, 0.15) is 26.7 Å². The molecule has 0 bridgehead atoms. The topological polar surface area (TPSA) is 44.4 Å². The Morgan fingerprint density at radius 2 is 1.78 bits per heavy atom. The van der Waals surface area contributed by atoms with Gasteiger partial charge in [0.1, 0.15) is 0 Å². The van der Waals surface area contributed by atoms with Crippen molar-refractivity contribution < 1.29 is 4.79 Å². The standard InChI is InChI=1S/C12H23N3O.2ClH/c1-9-3-4-10(2)15(9)8-12(16)14-7-11-5-13-6-11;;/h9-11,13H,3-8H2,1-2H3,(H,14,16);2*1H. The van der Waals surface area contributed by atoms with Gasteiger partial charge in [0, 0.05) is 37.6 Å². The zero-order chi connectivity index (χ0) is 11.5. The number of nitrogens with one attached hydrogen (secondary N) is 2. The summed E-state index contributed by atoms with van der Waals surface area (Å²) >= 11 is 0. The Hall–Kier alpha value is -0.0300. The van der Waals surface area contributed by atoms with Crippen molar-refractivity contribution in [1.29, 1.82) is 0 Å². The lowest BCUT2D eigenvalue weighted by molar-refractivity contribution is -0.123. The van der Waals surface area contributed by atoms with Gasteiger partial charge in [0.15, 0.2) is 0 Å². The average molecular weight is 298 g/mol. The van der Waals surface area contributed by atoms with E-state index in [0.717, 1.165) is 19.6 Å². The van der Waals surface area contributed by atoms with Crippen molar-refractivity contribution in [2.75, 3.05) is 26.2 Å². The van der Waals surface area contributed by atoms with E-state index in [-0.39, 0.29) is 30.7 Å². The van der Waals surface area contributed by atoms with E-state index in [1.54, 1.807) is 0 Å². The van der Waals surface area contributed by atoms with Crippen LogP contribution in [-0.4, -0.2) is 49.1 Å². The number of amides is 1. The summed E-state index contributed by atoms with van der Waals surface area (Å²) in [6.45, 7) is 7.94. The SMILES string of the molecule is CC1CCC(C)N1CC(=O)NCC1CNC1.Cl.Cl. The molecule has 0 aromatic rings. The van der Waals surface area contributed by atoms with Gasteiger partial charge < -0.3 is 10.6 Å². The van der Waals surface area contributed by atoms with Crippen molar-refractivity contribution in [3.8, 4) is 0 Å². The molecule has 6 heteroatoms. The number of likely N-dealkylation sites (tertiary alicyclic amines) is 1. The van der Waals surface area contributed by atoms with E-state index in [0.29, 0.717) is 24.5 Å². The van der Waals surface area contributed by atoms with Crippen LogP contribution in [0.5, 0.6) is 0 Å². The lowest BCUT2D eigenvalue weighted by Crippen LogP contribution is -2.50. The van der Waals surface area contributed by atoms with Crippen molar-refractivity contribution in [1.82, 2.24) is 15.5 Å². The molecule has 2 aliphatic rings. The highest BCUT2D eigenvalue weighted by molar-refractivity contribution is 5.85. The smallest absolute Gasteiger partial charge is 0.234 e. The molecule has 0 aromatic heterocycles. The first-order valence-corrected chi connectivity index (χ1v) is 6.40. The molecule has 0 radical (unpaired) electrons. The fourth-order valence-electron chi connectivity index (χ4n) is 2.53. The molecule has 4 nitrogen and oxygen atoms in total. The summed E-state index contributed by atoms with van der Waals surface area (Å²) in [5, 5.41) is 6.24. The Kier molecular flexibility index (Phi) is 8.19. The lowest BCUT2D eigenvalue weighted by atomic mass is 10.0. The van der Waals surface area contributed by atoms with E-state index < -0.39 is 0 Å². The van der Waals surface area contributed by atoms with Crippen molar-refractivity contribution in [2.24, 2.45) is 5.92 Å². The summed E-state index contributed by atoms with van der Waals surface area (Å²) in [4.78, 5) is 14.1. The Labute approximate surface area is 122 Å². The maximum atomic E-state index is 11.8. The van der Waals surface area contributed by atoms with E-state index in [1.807, 2.05) is 0 Å². The maximum absolute atomic E-state index is 11.8. The van der Waals surface area contributed by atoms with Gasteiger partial charge in [0.25, 0.3) is 0 Å². The highest BCUT2D eigenvalue weighted by atomic mass is 35.5. The second-order valence-corrected chi connectivity index (χ2v) is 5.28. The van der Waals surface area contributed by atoms with Crippen LogP contribution in [0.3, 0.4) is 0 Å². The Balaban J connectivity index is 0.00000144. The van der Waals surface area contributed by atoms with Gasteiger partial charge in [-0.2, -0.15) is 0 Å². The van der Waals surface area contributed by atoms with Gasteiger partial charge in [0.05, 0.1) is 6.54 Å². The third kappa shape index (κ3) is 4.57. The van der Waals surface area contributed by atoms with Crippen molar-refractivity contribution in [2.45, 2.75) is 38.8 Å². The summed E-state index contributed by atoms with van der Waals surface area (Å²) < 4.78 is 0. The minimum absolute atomic E-state index is 0. The van der Waals surface area contributed by atoms with Crippen LogP contribution >= 0.6 is 24.8 Å². The number of halogens is 2. The molecule has 0 aromatic carbocycles. The second-order valence-electron chi connectivity index (χ2n) is 5.28. The van der Waals surface area contributed by atoms with Crippen LogP contribution in [0.2, 0.25) is 0 Å². The van der Waals surface area contributed by atoms with Crippen LogP contribution in [0.25, 0.3) is 0 Å². The molecule has 18 heavy (non-hydrogen) atoms. The molecule has 2 rings (SSSR count). The Morgan fingerprint density at radius 3 is 2.22 bits per heavy atom. The zero-order valence-corrected chi connectivity index (χ0v) is 12.8. The van der Waals surface area contributed by atoms with Crippen LogP contribution in [-0.2, 0) is 4.79 Å². The molecule has 0 saturated carbocycles. The van der Waals surface area contributed by atoms with Crippen molar-refractivity contribution >= 4 is 30.7 Å². The summed E-state index contributed by atoms with van der Waals surface area (Å²) in [6, 6.07) is 1.12. The van der Waals surface area contributed by atoms with Crippen LogP contribution in [0.15, 0.2) is 0 Å². The first-order chi connectivity index (χ1) is 7.66. The fraction of sp³-hybridized carbons (Fsp3) is 0.917. The van der Waals surface area contributed by atoms with Crippen LogP contribution in [0.4, 0.5) is 0 Å². The summed E-state index contributed by atoms with van der Waals surface area (Å²) in [7, 11) is 0. The van der Waals surface area contributed by atoms with Crippen LogP contribution < -0.4 is 10.6 Å². The minimum atomic E-state index is 0. The monoisotopic (exact) mass is 297 g/mol. The van der Waals surface area contributed by atoms with Gasteiger partial charge >= 0.3 is 0 Å². The van der Waals surface area contributed by atoms with Gasteiger partial charge in [-0.15, -0.1) is 24.8 Å². The largest absolute Gasteiger partial charge is 0.355 e. The van der Waals surface area contributed by atoms with E-state index >= 15 is 0 Å².